The van der Waals surface area contributed by atoms with Gasteiger partial charge in [0.05, 0.1) is 19.8 Å². The smallest absolute Gasteiger partial charge is 0.122 e. The van der Waals surface area contributed by atoms with Gasteiger partial charge in [-0.2, -0.15) is 0 Å². The molecule has 0 spiro atoms. The van der Waals surface area contributed by atoms with Crippen LogP contribution in [-0.2, 0) is 0 Å². The average Bonchev–Trinajstić information content (AvgIpc) is 2.50. The van der Waals surface area contributed by atoms with Crippen molar-refractivity contribution in [1.82, 2.24) is 5.32 Å². The normalized spacial score (nSPS) is 13.7. The molecule has 1 unspecified atom stereocenters. The second-order valence-electron chi connectivity index (χ2n) is 5.51. The van der Waals surface area contributed by atoms with E-state index in [2.05, 4.69) is 19.2 Å². The summed E-state index contributed by atoms with van der Waals surface area (Å²) in [4.78, 5) is 0. The van der Waals surface area contributed by atoms with Crippen LogP contribution in [-0.4, -0.2) is 37.0 Å². The van der Waals surface area contributed by atoms with Crippen molar-refractivity contribution in [2.75, 3.05) is 26.4 Å². The van der Waals surface area contributed by atoms with Crippen LogP contribution in [0.4, 0.5) is 0 Å². The first-order valence-electron chi connectivity index (χ1n) is 7.85. The SMILES string of the molecule is CCCNC(C)(CO)CCCOc1cccc(OCC)c1. The molecule has 0 saturated carbocycles. The highest BCUT2D eigenvalue weighted by Gasteiger charge is 2.21. The number of aliphatic hydroxyl groups excluding tert-OH is 1. The number of benzene rings is 1. The maximum absolute atomic E-state index is 9.50. The molecule has 0 heterocycles. The Kier molecular flexibility index (Phi) is 8.16. The fourth-order valence-corrected chi connectivity index (χ4v) is 2.12. The van der Waals surface area contributed by atoms with Crippen LogP contribution < -0.4 is 14.8 Å². The van der Waals surface area contributed by atoms with E-state index >= 15 is 0 Å². The highest BCUT2D eigenvalue weighted by atomic mass is 16.5. The minimum Gasteiger partial charge on any atom is -0.494 e. The summed E-state index contributed by atoms with van der Waals surface area (Å²) in [6.45, 7) is 8.51. The fourth-order valence-electron chi connectivity index (χ4n) is 2.12. The summed E-state index contributed by atoms with van der Waals surface area (Å²) < 4.78 is 11.2. The molecule has 0 fully saturated rings. The Bertz CT molecular complexity index is 397. The van der Waals surface area contributed by atoms with Gasteiger partial charge in [0, 0.05) is 11.6 Å². The van der Waals surface area contributed by atoms with Crippen LogP contribution in [0.3, 0.4) is 0 Å². The number of hydrogen-bond acceptors (Lipinski definition) is 4. The second kappa shape index (κ2) is 9.64. The topological polar surface area (TPSA) is 50.7 Å². The predicted octanol–water partition coefficient (Wildman–Crippen LogP) is 2.99. The van der Waals surface area contributed by atoms with E-state index in [4.69, 9.17) is 9.47 Å². The van der Waals surface area contributed by atoms with Crippen molar-refractivity contribution in [3.8, 4) is 11.5 Å². The first kappa shape index (κ1) is 17.8. The Morgan fingerprint density at radius 2 is 1.90 bits per heavy atom. The first-order valence-corrected chi connectivity index (χ1v) is 7.85. The molecule has 1 aromatic rings. The molecule has 4 nitrogen and oxygen atoms in total. The summed E-state index contributed by atoms with van der Waals surface area (Å²) in [7, 11) is 0. The number of ether oxygens (including phenoxy) is 2. The van der Waals surface area contributed by atoms with Crippen molar-refractivity contribution in [3.63, 3.8) is 0 Å². The lowest BCUT2D eigenvalue weighted by Gasteiger charge is -2.28. The molecule has 1 aromatic carbocycles. The van der Waals surface area contributed by atoms with Crippen molar-refractivity contribution in [2.24, 2.45) is 0 Å². The Morgan fingerprint density at radius 3 is 2.52 bits per heavy atom. The Balaban J connectivity index is 2.34. The van der Waals surface area contributed by atoms with Crippen LogP contribution in [0.2, 0.25) is 0 Å². The van der Waals surface area contributed by atoms with Crippen molar-refractivity contribution >= 4 is 0 Å². The van der Waals surface area contributed by atoms with E-state index in [0.717, 1.165) is 37.3 Å². The van der Waals surface area contributed by atoms with Crippen molar-refractivity contribution in [1.29, 1.82) is 0 Å². The third kappa shape index (κ3) is 6.82. The molecule has 0 aromatic heterocycles. The summed E-state index contributed by atoms with van der Waals surface area (Å²) in [6.07, 6.45) is 2.84. The second-order valence-corrected chi connectivity index (χ2v) is 5.51. The Hall–Kier alpha value is -1.26. The van der Waals surface area contributed by atoms with Crippen LogP contribution >= 0.6 is 0 Å². The molecule has 0 radical (unpaired) electrons. The zero-order valence-electron chi connectivity index (χ0n) is 13.5. The largest absolute Gasteiger partial charge is 0.494 e. The summed E-state index contributed by atoms with van der Waals surface area (Å²) in [6, 6.07) is 7.70. The van der Waals surface area contributed by atoms with Gasteiger partial charge in [0.25, 0.3) is 0 Å². The molecule has 0 aliphatic heterocycles. The van der Waals surface area contributed by atoms with E-state index in [1.807, 2.05) is 31.2 Å². The minimum absolute atomic E-state index is 0.146. The zero-order chi connectivity index (χ0) is 15.6. The fraction of sp³-hybridized carbons (Fsp3) is 0.647. The first-order chi connectivity index (χ1) is 10.1. The van der Waals surface area contributed by atoms with Gasteiger partial charge in [0.1, 0.15) is 11.5 Å². The summed E-state index contributed by atoms with van der Waals surface area (Å²) in [5.74, 6) is 1.66. The average molecular weight is 295 g/mol. The van der Waals surface area contributed by atoms with Gasteiger partial charge in [-0.3, -0.25) is 0 Å². The molecule has 0 aliphatic rings. The highest BCUT2D eigenvalue weighted by molar-refractivity contribution is 5.32. The molecular formula is C17H29NO3. The van der Waals surface area contributed by atoms with Crippen molar-refractivity contribution < 1.29 is 14.6 Å². The van der Waals surface area contributed by atoms with Crippen molar-refractivity contribution in [2.45, 2.75) is 45.6 Å². The van der Waals surface area contributed by atoms with Gasteiger partial charge >= 0.3 is 0 Å². The number of nitrogens with one attached hydrogen (secondary N) is 1. The molecule has 1 atom stereocenters. The van der Waals surface area contributed by atoms with E-state index in [1.54, 1.807) is 0 Å². The van der Waals surface area contributed by atoms with Crippen LogP contribution in [0.25, 0.3) is 0 Å². The van der Waals surface area contributed by atoms with E-state index < -0.39 is 0 Å². The Labute approximate surface area is 128 Å². The molecule has 2 N–H and O–H groups in total. The van der Waals surface area contributed by atoms with Crippen molar-refractivity contribution in [3.05, 3.63) is 24.3 Å². The Morgan fingerprint density at radius 1 is 1.19 bits per heavy atom. The van der Waals surface area contributed by atoms with Gasteiger partial charge in [-0.1, -0.05) is 13.0 Å². The van der Waals surface area contributed by atoms with Crippen LogP contribution in [0.1, 0.15) is 40.0 Å². The molecule has 120 valence electrons. The van der Waals surface area contributed by atoms with E-state index in [0.29, 0.717) is 13.2 Å². The van der Waals surface area contributed by atoms with Gasteiger partial charge in [-0.05, 0) is 51.8 Å². The van der Waals surface area contributed by atoms with Crippen LogP contribution in [0.5, 0.6) is 11.5 Å². The van der Waals surface area contributed by atoms with Gasteiger partial charge in [-0.15, -0.1) is 0 Å². The zero-order valence-corrected chi connectivity index (χ0v) is 13.5. The van der Waals surface area contributed by atoms with Crippen LogP contribution in [0.15, 0.2) is 24.3 Å². The van der Waals surface area contributed by atoms with Gasteiger partial charge < -0.3 is 19.9 Å². The predicted molar refractivity (Wildman–Crippen MR) is 86.1 cm³/mol. The number of hydrogen-bond donors (Lipinski definition) is 2. The van der Waals surface area contributed by atoms with Gasteiger partial charge in [0.15, 0.2) is 0 Å². The molecule has 21 heavy (non-hydrogen) atoms. The minimum atomic E-state index is -0.216. The third-order valence-corrected chi connectivity index (χ3v) is 3.41. The molecule has 0 aliphatic carbocycles. The molecule has 0 saturated heterocycles. The summed E-state index contributed by atoms with van der Waals surface area (Å²) in [5.41, 5.74) is -0.216. The van der Waals surface area contributed by atoms with Gasteiger partial charge in [0.2, 0.25) is 0 Å². The lowest BCUT2D eigenvalue weighted by molar-refractivity contribution is 0.156. The maximum atomic E-state index is 9.50. The quantitative estimate of drug-likeness (QED) is 0.616. The van der Waals surface area contributed by atoms with E-state index in [1.165, 1.54) is 0 Å². The lowest BCUT2D eigenvalue weighted by atomic mass is 9.97. The molecule has 0 bridgehead atoms. The van der Waals surface area contributed by atoms with E-state index in [-0.39, 0.29) is 12.1 Å². The summed E-state index contributed by atoms with van der Waals surface area (Å²) >= 11 is 0. The lowest BCUT2D eigenvalue weighted by Crippen LogP contribution is -2.46. The maximum Gasteiger partial charge on any atom is 0.122 e. The standard InChI is InChI=1S/C17H29NO3/c1-4-11-18-17(3,14-19)10-7-12-21-16-9-6-8-15(13-16)20-5-2/h6,8-9,13,18-19H,4-5,7,10-12,14H2,1-3H3. The number of rotatable bonds is 11. The molecule has 4 heteroatoms. The summed E-state index contributed by atoms with van der Waals surface area (Å²) in [5, 5.41) is 12.9. The van der Waals surface area contributed by atoms with Gasteiger partial charge in [-0.25, -0.2) is 0 Å². The molecular weight excluding hydrogens is 266 g/mol. The third-order valence-electron chi connectivity index (χ3n) is 3.41. The molecule has 0 amide bonds. The highest BCUT2D eigenvalue weighted by Crippen LogP contribution is 2.20. The number of aliphatic hydroxyl groups is 1. The van der Waals surface area contributed by atoms with E-state index in [9.17, 15) is 5.11 Å². The monoisotopic (exact) mass is 295 g/mol. The molecule has 1 rings (SSSR count). The van der Waals surface area contributed by atoms with Crippen LogP contribution in [0, 0.1) is 0 Å².